The van der Waals surface area contributed by atoms with E-state index in [1.54, 1.807) is 23.2 Å². The lowest BCUT2D eigenvalue weighted by Gasteiger charge is -2.05. The molecule has 0 amide bonds. The fourth-order valence-corrected chi connectivity index (χ4v) is 2.14. The molecule has 1 aromatic carbocycles. The molecule has 0 radical (unpaired) electrons. The minimum atomic E-state index is 0.402. The highest BCUT2D eigenvalue weighted by molar-refractivity contribution is 7.71. The topological polar surface area (TPSA) is 68.3 Å². The number of furan rings is 1. The number of aromatic nitrogens is 3. The Balaban J connectivity index is 1.98. The number of rotatable bonds is 5. The van der Waals surface area contributed by atoms with Crippen LogP contribution in [0.3, 0.4) is 0 Å². The molecule has 0 fully saturated rings. The molecule has 0 aliphatic heterocycles. The van der Waals surface area contributed by atoms with E-state index in [1.807, 2.05) is 37.3 Å². The van der Waals surface area contributed by atoms with E-state index in [1.165, 1.54) is 0 Å². The van der Waals surface area contributed by atoms with Crippen molar-refractivity contribution in [2.45, 2.75) is 6.92 Å². The number of nitrogens with one attached hydrogen (secondary N) is 1. The van der Waals surface area contributed by atoms with Crippen molar-refractivity contribution in [1.29, 1.82) is 0 Å². The van der Waals surface area contributed by atoms with Gasteiger partial charge in [-0.3, -0.25) is 0 Å². The molecule has 2 heterocycles. The third-order valence-electron chi connectivity index (χ3n) is 2.90. The second-order valence-corrected chi connectivity index (χ2v) is 4.77. The zero-order valence-corrected chi connectivity index (χ0v) is 12.7. The molecule has 1 N–H and O–H groups in total. The first-order valence-electron chi connectivity index (χ1n) is 6.76. The third kappa shape index (κ3) is 2.99. The lowest BCUT2D eigenvalue weighted by atomic mass is 10.2. The van der Waals surface area contributed by atoms with Crippen LogP contribution in [-0.2, 0) is 0 Å². The second-order valence-electron chi connectivity index (χ2n) is 4.39. The fourth-order valence-electron chi connectivity index (χ4n) is 1.96. The second kappa shape index (κ2) is 6.40. The summed E-state index contributed by atoms with van der Waals surface area (Å²) in [4.78, 5) is 0. The van der Waals surface area contributed by atoms with Crippen molar-refractivity contribution < 1.29 is 9.15 Å². The van der Waals surface area contributed by atoms with Gasteiger partial charge in [-0.2, -0.15) is 14.9 Å². The molecule has 0 aliphatic carbocycles. The Morgan fingerprint density at radius 1 is 1.41 bits per heavy atom. The average molecular weight is 314 g/mol. The molecule has 7 heteroatoms. The van der Waals surface area contributed by atoms with Crippen LogP contribution < -0.4 is 4.74 Å². The molecule has 0 spiro atoms. The van der Waals surface area contributed by atoms with E-state index in [-0.39, 0.29) is 0 Å². The van der Waals surface area contributed by atoms with E-state index in [0.717, 1.165) is 11.3 Å². The van der Waals surface area contributed by atoms with Gasteiger partial charge in [-0.05, 0) is 43.4 Å². The summed E-state index contributed by atoms with van der Waals surface area (Å²) >= 11 is 5.22. The molecule has 0 bridgehead atoms. The van der Waals surface area contributed by atoms with Gasteiger partial charge in [0.15, 0.2) is 5.82 Å². The SMILES string of the molecule is CCOc1cccc(-c2n[nH]c(=S)n2/N=C\c2ccco2)c1. The predicted octanol–water partition coefficient (Wildman–Crippen LogP) is 3.48. The molecular formula is C15H14N4O2S. The summed E-state index contributed by atoms with van der Waals surface area (Å²) in [5.41, 5.74) is 0.856. The number of ether oxygens (including phenoxy) is 1. The maximum Gasteiger partial charge on any atom is 0.216 e. The first-order valence-corrected chi connectivity index (χ1v) is 7.17. The number of nitrogens with zero attached hydrogens (tertiary/aromatic N) is 3. The van der Waals surface area contributed by atoms with Crippen molar-refractivity contribution in [3.63, 3.8) is 0 Å². The van der Waals surface area contributed by atoms with Crippen molar-refractivity contribution in [1.82, 2.24) is 14.9 Å². The Morgan fingerprint density at radius 2 is 2.32 bits per heavy atom. The average Bonchev–Trinajstić information content (AvgIpc) is 3.15. The Bertz CT molecular complexity index is 833. The highest BCUT2D eigenvalue weighted by atomic mass is 32.1. The van der Waals surface area contributed by atoms with E-state index in [9.17, 15) is 0 Å². The van der Waals surface area contributed by atoms with E-state index in [0.29, 0.717) is 23.0 Å². The van der Waals surface area contributed by atoms with Gasteiger partial charge in [-0.25, -0.2) is 5.10 Å². The van der Waals surface area contributed by atoms with Gasteiger partial charge < -0.3 is 9.15 Å². The summed E-state index contributed by atoms with van der Waals surface area (Å²) in [6.07, 6.45) is 3.17. The van der Waals surface area contributed by atoms with Crippen molar-refractivity contribution in [2.24, 2.45) is 5.10 Å². The van der Waals surface area contributed by atoms with Gasteiger partial charge in [0, 0.05) is 5.56 Å². The quantitative estimate of drug-likeness (QED) is 0.578. The molecule has 3 aromatic rings. The minimum absolute atomic E-state index is 0.402. The van der Waals surface area contributed by atoms with Crippen molar-refractivity contribution in [3.05, 3.63) is 53.2 Å². The van der Waals surface area contributed by atoms with Gasteiger partial charge in [0.2, 0.25) is 4.77 Å². The zero-order valence-electron chi connectivity index (χ0n) is 11.9. The Hall–Kier alpha value is -2.67. The van der Waals surface area contributed by atoms with Gasteiger partial charge in [0.25, 0.3) is 0 Å². The monoisotopic (exact) mass is 314 g/mol. The van der Waals surface area contributed by atoms with Crippen LogP contribution in [-0.4, -0.2) is 27.7 Å². The number of hydrogen-bond acceptors (Lipinski definition) is 5. The first kappa shape index (κ1) is 14.3. The number of benzene rings is 1. The Kier molecular flexibility index (Phi) is 4.15. The summed E-state index contributed by atoms with van der Waals surface area (Å²) in [5.74, 6) is 2.02. The van der Waals surface area contributed by atoms with Crippen LogP contribution in [0.25, 0.3) is 11.4 Å². The highest BCUT2D eigenvalue weighted by Crippen LogP contribution is 2.22. The zero-order chi connectivity index (χ0) is 15.4. The third-order valence-corrected chi connectivity index (χ3v) is 3.16. The van der Waals surface area contributed by atoms with Gasteiger partial charge >= 0.3 is 0 Å². The maximum atomic E-state index is 5.51. The number of H-pyrrole nitrogens is 1. The molecule has 6 nitrogen and oxygen atoms in total. The van der Waals surface area contributed by atoms with Gasteiger partial charge in [-0.15, -0.1) is 0 Å². The molecule has 112 valence electrons. The largest absolute Gasteiger partial charge is 0.494 e. The van der Waals surface area contributed by atoms with Crippen molar-refractivity contribution >= 4 is 18.4 Å². The molecule has 2 aromatic heterocycles. The molecule has 0 atom stereocenters. The number of hydrogen-bond donors (Lipinski definition) is 1. The van der Waals surface area contributed by atoms with Crippen LogP contribution in [0.2, 0.25) is 0 Å². The van der Waals surface area contributed by atoms with Crippen LogP contribution in [0.4, 0.5) is 0 Å². The van der Waals surface area contributed by atoms with Gasteiger partial charge in [-0.1, -0.05) is 12.1 Å². The lowest BCUT2D eigenvalue weighted by Crippen LogP contribution is -1.96. The summed E-state index contributed by atoms with van der Waals surface area (Å²) in [6.45, 7) is 2.54. The standard InChI is InChI=1S/C15H14N4O2S/c1-2-20-12-6-3-5-11(9-12)14-17-18-15(22)19(14)16-10-13-7-4-8-21-13/h3-10H,2H2,1H3,(H,18,22)/b16-10-. The fraction of sp³-hybridized carbons (Fsp3) is 0.133. The lowest BCUT2D eigenvalue weighted by molar-refractivity contribution is 0.340. The van der Waals surface area contributed by atoms with E-state index in [2.05, 4.69) is 15.3 Å². The van der Waals surface area contributed by atoms with Crippen molar-refractivity contribution in [2.75, 3.05) is 6.61 Å². The summed E-state index contributed by atoms with van der Waals surface area (Å²) in [5, 5.41) is 11.3. The minimum Gasteiger partial charge on any atom is -0.494 e. The molecule has 0 unspecified atom stereocenters. The highest BCUT2D eigenvalue weighted by Gasteiger charge is 2.09. The molecule has 3 rings (SSSR count). The van der Waals surface area contributed by atoms with Crippen LogP contribution in [0.5, 0.6) is 5.75 Å². The predicted molar refractivity (Wildman–Crippen MR) is 85.7 cm³/mol. The Morgan fingerprint density at radius 3 is 3.09 bits per heavy atom. The van der Waals surface area contributed by atoms with E-state index < -0.39 is 0 Å². The van der Waals surface area contributed by atoms with Crippen LogP contribution in [0.15, 0.2) is 52.2 Å². The molecule has 0 saturated carbocycles. The van der Waals surface area contributed by atoms with E-state index >= 15 is 0 Å². The van der Waals surface area contributed by atoms with Crippen LogP contribution >= 0.6 is 12.2 Å². The van der Waals surface area contributed by atoms with Crippen LogP contribution in [0, 0.1) is 4.77 Å². The maximum absolute atomic E-state index is 5.51. The van der Waals surface area contributed by atoms with Gasteiger partial charge in [0.05, 0.1) is 19.1 Å². The molecular weight excluding hydrogens is 300 g/mol. The Labute approximate surface area is 132 Å². The van der Waals surface area contributed by atoms with E-state index in [4.69, 9.17) is 21.4 Å². The summed E-state index contributed by atoms with van der Waals surface area (Å²) in [6, 6.07) is 11.2. The smallest absolute Gasteiger partial charge is 0.216 e. The number of aromatic amines is 1. The normalized spacial score (nSPS) is 11.1. The molecule has 0 saturated heterocycles. The first-order chi connectivity index (χ1) is 10.8. The summed E-state index contributed by atoms with van der Waals surface area (Å²) in [7, 11) is 0. The molecule has 0 aliphatic rings. The van der Waals surface area contributed by atoms with Crippen LogP contribution in [0.1, 0.15) is 12.7 Å². The van der Waals surface area contributed by atoms with Crippen molar-refractivity contribution in [3.8, 4) is 17.1 Å². The van der Waals surface area contributed by atoms with Gasteiger partial charge in [0.1, 0.15) is 11.5 Å². The molecule has 22 heavy (non-hydrogen) atoms. The summed E-state index contributed by atoms with van der Waals surface area (Å²) < 4.78 is 12.7.